The first-order chi connectivity index (χ1) is 9.98. The molecule has 1 aromatic rings. The molecule has 1 rings (SSSR count). The Labute approximate surface area is 128 Å². The van der Waals surface area contributed by atoms with Crippen LogP contribution in [0.25, 0.3) is 0 Å². The number of imidazole rings is 1. The molecule has 0 amide bonds. The Hall–Kier alpha value is -1.02. The van der Waals surface area contributed by atoms with Crippen molar-refractivity contribution < 1.29 is 14.0 Å². The zero-order chi connectivity index (χ0) is 15.7. The fourth-order valence-electron chi connectivity index (χ4n) is 1.43. The maximum Gasteiger partial charge on any atom is 0.432 e. The standard InChI is InChI=1S/C11H22N5O3PS/c1-4-19-20(17,18)16-11(12-3)13-5-6-21-7-10-9(2)14-8-15-10/h8H,4-7H2,1-3H3,(H,14,15)(H3,12,13,16,17,18). The summed E-state index contributed by atoms with van der Waals surface area (Å²) in [5.41, 5.74) is 2.11. The molecule has 1 unspecified atom stereocenters. The van der Waals surface area contributed by atoms with Gasteiger partial charge >= 0.3 is 7.75 Å². The zero-order valence-electron chi connectivity index (χ0n) is 12.4. The van der Waals surface area contributed by atoms with Gasteiger partial charge in [-0.05, 0) is 13.8 Å². The average Bonchev–Trinajstić information content (AvgIpc) is 2.82. The first kappa shape index (κ1) is 18.0. The average molecular weight is 335 g/mol. The number of guanidine groups is 1. The van der Waals surface area contributed by atoms with Crippen molar-refractivity contribution in [1.82, 2.24) is 20.4 Å². The molecule has 0 bridgehead atoms. The van der Waals surface area contributed by atoms with E-state index in [9.17, 15) is 9.46 Å². The second kappa shape index (κ2) is 9.09. The Bertz CT molecular complexity index is 508. The van der Waals surface area contributed by atoms with Gasteiger partial charge in [0.25, 0.3) is 0 Å². The Kier molecular flexibility index (Phi) is 7.81. The Morgan fingerprint density at radius 3 is 3.00 bits per heavy atom. The number of aromatic nitrogens is 2. The largest absolute Gasteiger partial charge is 0.432 e. The summed E-state index contributed by atoms with van der Waals surface area (Å²) in [5.74, 6) is 1.83. The van der Waals surface area contributed by atoms with Crippen LogP contribution < -0.4 is 10.4 Å². The van der Waals surface area contributed by atoms with Gasteiger partial charge in [-0.3, -0.25) is 14.6 Å². The molecule has 0 aromatic carbocycles. The second-order valence-electron chi connectivity index (χ2n) is 4.06. The molecule has 1 atom stereocenters. The van der Waals surface area contributed by atoms with E-state index in [-0.39, 0.29) is 12.6 Å². The van der Waals surface area contributed by atoms with Crippen molar-refractivity contribution in [2.24, 2.45) is 4.99 Å². The summed E-state index contributed by atoms with van der Waals surface area (Å²) in [6.45, 7) is 4.30. The van der Waals surface area contributed by atoms with E-state index in [0.29, 0.717) is 6.54 Å². The molecule has 4 N–H and O–H groups in total. The summed E-state index contributed by atoms with van der Waals surface area (Å²) < 4.78 is 16.3. The lowest BCUT2D eigenvalue weighted by Gasteiger charge is -2.14. The van der Waals surface area contributed by atoms with E-state index < -0.39 is 7.75 Å². The smallest absolute Gasteiger partial charge is 0.359 e. The van der Waals surface area contributed by atoms with Crippen LogP contribution in [0.2, 0.25) is 0 Å². The quantitative estimate of drug-likeness (QED) is 0.245. The Balaban J connectivity index is 2.33. The van der Waals surface area contributed by atoms with Gasteiger partial charge < -0.3 is 15.2 Å². The van der Waals surface area contributed by atoms with Crippen LogP contribution in [0.1, 0.15) is 18.3 Å². The van der Waals surface area contributed by atoms with Crippen molar-refractivity contribution in [1.29, 1.82) is 0 Å². The van der Waals surface area contributed by atoms with Crippen molar-refractivity contribution in [2.45, 2.75) is 19.6 Å². The summed E-state index contributed by atoms with van der Waals surface area (Å²) in [6, 6.07) is 0. The van der Waals surface area contributed by atoms with Gasteiger partial charge in [0, 0.05) is 24.2 Å². The minimum atomic E-state index is -3.83. The molecule has 1 heterocycles. The topological polar surface area (TPSA) is 112 Å². The van der Waals surface area contributed by atoms with Crippen LogP contribution in [0.3, 0.4) is 0 Å². The number of thioether (sulfide) groups is 1. The van der Waals surface area contributed by atoms with E-state index in [4.69, 9.17) is 4.52 Å². The van der Waals surface area contributed by atoms with Crippen molar-refractivity contribution in [2.75, 3.05) is 26.0 Å². The summed E-state index contributed by atoms with van der Waals surface area (Å²) in [7, 11) is -2.21. The van der Waals surface area contributed by atoms with E-state index in [0.717, 1.165) is 22.9 Å². The molecule has 8 nitrogen and oxygen atoms in total. The van der Waals surface area contributed by atoms with Gasteiger partial charge in [-0.1, -0.05) is 0 Å². The number of aryl methyl sites for hydroxylation is 1. The van der Waals surface area contributed by atoms with Gasteiger partial charge in [0.15, 0.2) is 5.96 Å². The maximum absolute atomic E-state index is 11.5. The van der Waals surface area contributed by atoms with Crippen LogP contribution >= 0.6 is 19.5 Å². The fraction of sp³-hybridized carbons (Fsp3) is 0.636. The number of hydrogen-bond donors (Lipinski definition) is 4. The zero-order valence-corrected chi connectivity index (χ0v) is 14.1. The molecule has 0 aliphatic carbocycles. The first-order valence-corrected chi connectivity index (χ1v) is 9.26. The molecule has 1 aromatic heterocycles. The van der Waals surface area contributed by atoms with Crippen molar-refractivity contribution in [3.63, 3.8) is 0 Å². The highest BCUT2D eigenvalue weighted by Crippen LogP contribution is 2.35. The van der Waals surface area contributed by atoms with Gasteiger partial charge in [0.2, 0.25) is 0 Å². The van der Waals surface area contributed by atoms with Gasteiger partial charge in [-0.15, -0.1) is 0 Å². The number of hydrogen-bond acceptors (Lipinski definition) is 5. The molecule has 0 saturated heterocycles. The lowest BCUT2D eigenvalue weighted by Crippen LogP contribution is -2.33. The predicted octanol–water partition coefficient (Wildman–Crippen LogP) is 1.25. The normalized spacial score (nSPS) is 14.8. The number of aliphatic imine (C=N–C) groups is 1. The van der Waals surface area contributed by atoms with Crippen molar-refractivity contribution in [3.8, 4) is 0 Å². The number of nitrogens with one attached hydrogen (secondary N) is 3. The predicted molar refractivity (Wildman–Crippen MR) is 85.4 cm³/mol. The maximum atomic E-state index is 11.5. The molecule has 0 spiro atoms. The molecule has 0 saturated carbocycles. The Morgan fingerprint density at radius 1 is 1.67 bits per heavy atom. The molecular weight excluding hydrogens is 313 g/mol. The van der Waals surface area contributed by atoms with E-state index in [1.807, 2.05) is 6.92 Å². The van der Waals surface area contributed by atoms with Crippen LogP contribution in [0.4, 0.5) is 0 Å². The molecule has 0 fully saturated rings. The van der Waals surface area contributed by atoms with Crippen LogP contribution in [0.5, 0.6) is 0 Å². The molecule has 0 radical (unpaired) electrons. The lowest BCUT2D eigenvalue weighted by molar-refractivity contribution is 0.269. The van der Waals surface area contributed by atoms with Gasteiger partial charge in [-0.25, -0.2) is 9.55 Å². The highest BCUT2D eigenvalue weighted by atomic mass is 32.2. The third kappa shape index (κ3) is 6.99. The summed E-state index contributed by atoms with van der Waals surface area (Å²) >= 11 is 1.70. The van der Waals surface area contributed by atoms with Crippen molar-refractivity contribution >= 4 is 25.5 Å². The fourth-order valence-corrected chi connectivity index (χ4v) is 3.15. The van der Waals surface area contributed by atoms with Crippen LogP contribution in [0, 0.1) is 6.92 Å². The van der Waals surface area contributed by atoms with Gasteiger partial charge in [-0.2, -0.15) is 11.8 Å². The number of H-pyrrole nitrogens is 1. The van der Waals surface area contributed by atoms with Crippen LogP contribution in [-0.4, -0.2) is 46.8 Å². The van der Waals surface area contributed by atoms with Gasteiger partial charge in [0.1, 0.15) is 0 Å². The molecule has 10 heteroatoms. The molecule has 120 valence electrons. The van der Waals surface area contributed by atoms with Gasteiger partial charge in [0.05, 0.1) is 25.2 Å². The monoisotopic (exact) mass is 335 g/mol. The minimum Gasteiger partial charge on any atom is -0.359 e. The third-order valence-corrected chi connectivity index (χ3v) is 4.52. The van der Waals surface area contributed by atoms with Crippen molar-refractivity contribution in [3.05, 3.63) is 17.7 Å². The number of rotatable bonds is 8. The summed E-state index contributed by atoms with van der Waals surface area (Å²) in [4.78, 5) is 20.9. The van der Waals surface area contributed by atoms with Crippen LogP contribution in [0.15, 0.2) is 11.3 Å². The third-order valence-electron chi connectivity index (χ3n) is 2.47. The highest BCUT2D eigenvalue weighted by molar-refractivity contribution is 7.98. The Morgan fingerprint density at radius 2 is 2.43 bits per heavy atom. The second-order valence-corrected chi connectivity index (χ2v) is 6.68. The first-order valence-electron chi connectivity index (χ1n) is 6.53. The van der Waals surface area contributed by atoms with Crippen LogP contribution in [-0.2, 0) is 14.8 Å². The van der Waals surface area contributed by atoms with E-state index in [1.54, 1.807) is 32.1 Å². The molecule has 0 aliphatic rings. The number of nitrogens with zero attached hydrogens (tertiary/aromatic N) is 2. The number of aromatic amines is 1. The summed E-state index contributed by atoms with van der Waals surface area (Å²) in [5, 5.41) is 5.09. The van der Waals surface area contributed by atoms with E-state index in [1.165, 1.54) is 0 Å². The minimum absolute atomic E-state index is 0.149. The lowest BCUT2D eigenvalue weighted by atomic mass is 10.4. The molecule has 21 heavy (non-hydrogen) atoms. The van der Waals surface area contributed by atoms with E-state index >= 15 is 0 Å². The van der Waals surface area contributed by atoms with E-state index in [2.05, 4.69) is 25.4 Å². The SMILES string of the molecule is CCOP(=O)(O)NC(=NCCSCc1nc[nH]c1C)NC. The highest BCUT2D eigenvalue weighted by Gasteiger charge is 2.19. The summed E-state index contributed by atoms with van der Waals surface area (Å²) in [6.07, 6.45) is 1.68. The molecule has 0 aliphatic heterocycles. The molecular formula is C11H22N5O3PS.